The maximum atomic E-state index is 12.9. The third-order valence-electron chi connectivity index (χ3n) is 4.73. The van der Waals surface area contributed by atoms with Crippen molar-refractivity contribution in [2.24, 2.45) is 0 Å². The van der Waals surface area contributed by atoms with Crippen LogP contribution in [0.1, 0.15) is 21.5 Å². The number of nitrogens with zero attached hydrogens (tertiary/aromatic N) is 2. The minimum Gasteiger partial charge on any atom is -0.393 e. The van der Waals surface area contributed by atoms with Crippen molar-refractivity contribution in [3.05, 3.63) is 59.3 Å². The average Bonchev–Trinajstić information content (AvgIpc) is 2.69. The van der Waals surface area contributed by atoms with E-state index in [0.29, 0.717) is 37.5 Å². The highest BCUT2D eigenvalue weighted by molar-refractivity contribution is 5.95. The van der Waals surface area contributed by atoms with Gasteiger partial charge in [-0.3, -0.25) is 4.79 Å². The summed E-state index contributed by atoms with van der Waals surface area (Å²) in [6.07, 6.45) is 2.18. The molecule has 0 saturated carbocycles. The highest BCUT2D eigenvalue weighted by atomic mass is 16.5. The summed E-state index contributed by atoms with van der Waals surface area (Å²) < 4.78 is 5.94. The van der Waals surface area contributed by atoms with Crippen molar-refractivity contribution in [1.29, 1.82) is 0 Å². The lowest BCUT2D eigenvalue weighted by molar-refractivity contribution is -0.123. The first kappa shape index (κ1) is 18.4. The van der Waals surface area contributed by atoms with Gasteiger partial charge < -0.3 is 20.1 Å². The Morgan fingerprint density at radius 3 is 2.81 bits per heavy atom. The lowest BCUT2D eigenvalue weighted by Crippen LogP contribution is -2.56. The molecule has 0 radical (unpaired) electrons. The zero-order valence-corrected chi connectivity index (χ0v) is 15.2. The summed E-state index contributed by atoms with van der Waals surface area (Å²) in [4.78, 5) is 18.8. The minimum absolute atomic E-state index is 0.0751. The number of nitrogens with one attached hydrogen (secondary N) is 1. The van der Waals surface area contributed by atoms with Gasteiger partial charge in [-0.1, -0.05) is 29.8 Å². The molecule has 1 aliphatic heterocycles. The van der Waals surface area contributed by atoms with E-state index in [9.17, 15) is 9.90 Å². The van der Waals surface area contributed by atoms with Crippen LogP contribution < -0.4 is 5.32 Å². The van der Waals surface area contributed by atoms with Crippen molar-refractivity contribution in [2.75, 3.05) is 38.7 Å². The van der Waals surface area contributed by atoms with E-state index < -0.39 is 5.60 Å². The molecule has 26 heavy (non-hydrogen) atoms. The maximum absolute atomic E-state index is 12.9. The number of ether oxygens (including phenoxy) is 1. The van der Waals surface area contributed by atoms with Crippen LogP contribution in [0.5, 0.6) is 0 Å². The second kappa shape index (κ2) is 7.85. The van der Waals surface area contributed by atoms with Crippen molar-refractivity contribution >= 4 is 11.7 Å². The van der Waals surface area contributed by atoms with Crippen LogP contribution in [0.3, 0.4) is 0 Å². The van der Waals surface area contributed by atoms with E-state index in [-0.39, 0.29) is 12.5 Å². The molecule has 3 rings (SSSR count). The third-order valence-corrected chi connectivity index (χ3v) is 4.73. The molecular formula is C20H25N3O3. The Balaban J connectivity index is 1.77. The molecule has 1 atom stereocenters. The van der Waals surface area contributed by atoms with Crippen molar-refractivity contribution in [3.63, 3.8) is 0 Å². The number of pyridine rings is 1. The molecule has 2 N–H and O–H groups in total. The molecule has 0 aliphatic carbocycles. The molecule has 1 saturated heterocycles. The summed E-state index contributed by atoms with van der Waals surface area (Å²) in [5.74, 6) is 0.575. The lowest BCUT2D eigenvalue weighted by atomic mass is 9.92. The summed E-state index contributed by atoms with van der Waals surface area (Å²) in [7, 11) is 1.77. The van der Waals surface area contributed by atoms with Gasteiger partial charge in [0.2, 0.25) is 0 Å². The number of aryl methyl sites for hydroxylation is 1. The van der Waals surface area contributed by atoms with Crippen LogP contribution in [0.2, 0.25) is 0 Å². The molecule has 138 valence electrons. The van der Waals surface area contributed by atoms with Gasteiger partial charge in [0.25, 0.3) is 5.91 Å². The van der Waals surface area contributed by atoms with Crippen molar-refractivity contribution < 1.29 is 14.6 Å². The van der Waals surface area contributed by atoms with Crippen LogP contribution in [0.4, 0.5) is 5.82 Å². The standard InChI is InChI=1S/C20H25N3O3/c1-15-3-5-16(6-4-15)12-20(14-24)13-23(9-10-26-20)19(25)17-7-8-22-18(11-17)21-2/h3-8,11,24H,9-10,12-14H2,1-2H3,(H,21,22)/t20-/m0/s1. The van der Waals surface area contributed by atoms with Crippen LogP contribution in [0, 0.1) is 6.92 Å². The summed E-state index contributed by atoms with van der Waals surface area (Å²) in [6, 6.07) is 11.6. The first-order chi connectivity index (χ1) is 12.5. The van der Waals surface area contributed by atoms with Crippen LogP contribution in [-0.4, -0.2) is 59.8 Å². The number of amides is 1. The van der Waals surface area contributed by atoms with E-state index >= 15 is 0 Å². The third kappa shape index (κ3) is 4.03. The largest absolute Gasteiger partial charge is 0.393 e. The molecule has 0 bridgehead atoms. The smallest absolute Gasteiger partial charge is 0.254 e. The van der Waals surface area contributed by atoms with Crippen molar-refractivity contribution in [1.82, 2.24) is 9.88 Å². The number of benzene rings is 1. The highest BCUT2D eigenvalue weighted by Gasteiger charge is 2.38. The Labute approximate surface area is 153 Å². The van der Waals surface area contributed by atoms with Gasteiger partial charge in [0.05, 0.1) is 19.8 Å². The predicted octanol–water partition coefficient (Wildman–Crippen LogP) is 1.88. The monoisotopic (exact) mass is 355 g/mol. The fourth-order valence-corrected chi connectivity index (χ4v) is 3.24. The molecule has 1 fully saturated rings. The van der Waals surface area contributed by atoms with Gasteiger partial charge >= 0.3 is 0 Å². The van der Waals surface area contributed by atoms with Crippen LogP contribution >= 0.6 is 0 Å². The Bertz CT molecular complexity index is 763. The molecule has 6 nitrogen and oxygen atoms in total. The Morgan fingerprint density at radius 1 is 1.35 bits per heavy atom. The summed E-state index contributed by atoms with van der Waals surface area (Å²) in [5.41, 5.74) is 2.07. The molecule has 0 unspecified atom stereocenters. The number of hydrogen-bond acceptors (Lipinski definition) is 5. The number of aromatic nitrogens is 1. The topological polar surface area (TPSA) is 74.7 Å². The number of aliphatic hydroxyl groups excluding tert-OH is 1. The van der Waals surface area contributed by atoms with Crippen molar-refractivity contribution in [3.8, 4) is 0 Å². The van der Waals surface area contributed by atoms with Gasteiger partial charge in [-0.05, 0) is 24.6 Å². The van der Waals surface area contributed by atoms with Gasteiger partial charge in [-0.25, -0.2) is 4.98 Å². The van der Waals surface area contributed by atoms with Crippen LogP contribution in [-0.2, 0) is 11.2 Å². The summed E-state index contributed by atoms with van der Waals surface area (Å²) in [6.45, 7) is 3.17. The molecular weight excluding hydrogens is 330 g/mol. The quantitative estimate of drug-likeness (QED) is 0.857. The van der Waals surface area contributed by atoms with Gasteiger partial charge in [-0.2, -0.15) is 0 Å². The van der Waals surface area contributed by atoms with Crippen LogP contribution in [0.25, 0.3) is 0 Å². The number of morpholine rings is 1. The van der Waals surface area contributed by atoms with E-state index in [1.54, 1.807) is 30.3 Å². The van der Waals surface area contributed by atoms with Crippen molar-refractivity contribution in [2.45, 2.75) is 18.9 Å². The molecule has 6 heteroatoms. The lowest BCUT2D eigenvalue weighted by Gasteiger charge is -2.42. The minimum atomic E-state index is -0.776. The number of carbonyl (C=O) groups is 1. The average molecular weight is 355 g/mol. The predicted molar refractivity (Wildman–Crippen MR) is 100 cm³/mol. The molecule has 0 spiro atoms. The molecule has 1 aliphatic rings. The number of rotatable bonds is 5. The number of hydrogen-bond donors (Lipinski definition) is 2. The van der Waals surface area contributed by atoms with E-state index in [0.717, 1.165) is 5.56 Å². The second-order valence-electron chi connectivity index (χ2n) is 6.76. The van der Waals surface area contributed by atoms with E-state index in [1.807, 2.05) is 31.2 Å². The molecule has 1 aromatic heterocycles. The molecule has 2 heterocycles. The van der Waals surface area contributed by atoms with Gasteiger partial charge in [-0.15, -0.1) is 0 Å². The second-order valence-corrected chi connectivity index (χ2v) is 6.76. The zero-order valence-electron chi connectivity index (χ0n) is 15.2. The van der Waals surface area contributed by atoms with E-state index in [1.165, 1.54) is 5.56 Å². The Hall–Kier alpha value is -2.44. The van der Waals surface area contributed by atoms with Crippen LogP contribution in [0.15, 0.2) is 42.6 Å². The van der Waals surface area contributed by atoms with Gasteiger partial charge in [0.1, 0.15) is 11.4 Å². The summed E-state index contributed by atoms with van der Waals surface area (Å²) in [5, 5.41) is 13.0. The Morgan fingerprint density at radius 2 is 2.12 bits per heavy atom. The first-order valence-corrected chi connectivity index (χ1v) is 8.79. The number of anilines is 1. The fraction of sp³-hybridized carbons (Fsp3) is 0.400. The molecule has 1 amide bonds. The SMILES string of the molecule is CNc1cc(C(=O)N2CCO[C@@](CO)(Cc3ccc(C)cc3)C2)ccn1. The normalized spacial score (nSPS) is 20.0. The number of aliphatic hydroxyl groups is 1. The highest BCUT2D eigenvalue weighted by Crippen LogP contribution is 2.24. The first-order valence-electron chi connectivity index (χ1n) is 8.79. The van der Waals surface area contributed by atoms with E-state index in [4.69, 9.17) is 4.74 Å². The zero-order chi connectivity index (χ0) is 18.6. The number of carbonyl (C=O) groups excluding carboxylic acids is 1. The van der Waals surface area contributed by atoms with E-state index in [2.05, 4.69) is 10.3 Å². The maximum Gasteiger partial charge on any atom is 0.254 e. The molecule has 1 aromatic carbocycles. The van der Waals surface area contributed by atoms with Gasteiger partial charge in [0.15, 0.2) is 0 Å². The Kier molecular flexibility index (Phi) is 5.54. The van der Waals surface area contributed by atoms with Gasteiger partial charge in [0, 0.05) is 31.8 Å². The molecule has 2 aromatic rings. The fourth-order valence-electron chi connectivity index (χ4n) is 3.24. The summed E-state index contributed by atoms with van der Waals surface area (Å²) >= 11 is 0.